The number of hydrazine groups is 1. The summed E-state index contributed by atoms with van der Waals surface area (Å²) in [6.07, 6.45) is 0.409. The van der Waals surface area contributed by atoms with Gasteiger partial charge in [-0.1, -0.05) is 25.1 Å². The monoisotopic (exact) mass is 336 g/mol. The van der Waals surface area contributed by atoms with Gasteiger partial charge in [-0.3, -0.25) is 15.0 Å². The maximum Gasteiger partial charge on any atom is 0.344 e. The van der Waals surface area contributed by atoms with E-state index >= 15 is 0 Å². The van der Waals surface area contributed by atoms with Crippen LogP contribution >= 0.6 is 0 Å². The molecule has 0 saturated carbocycles. The molecule has 1 aromatic carbocycles. The molecule has 3 N–H and O–H groups in total. The third-order valence-corrected chi connectivity index (χ3v) is 4.15. The molecule has 1 aliphatic heterocycles. The van der Waals surface area contributed by atoms with Crippen LogP contribution in [0.25, 0.3) is 0 Å². The van der Waals surface area contributed by atoms with E-state index in [1.807, 2.05) is 0 Å². The minimum atomic E-state index is -1.02. The molecule has 0 aromatic heterocycles. The maximum absolute atomic E-state index is 13.7. The Morgan fingerprint density at radius 1 is 1.38 bits per heavy atom. The minimum Gasteiger partial charge on any atom is -0.322 e. The molecule has 0 bridgehead atoms. The molecule has 0 aliphatic carbocycles. The summed E-state index contributed by atoms with van der Waals surface area (Å²) >= 11 is 0. The maximum atomic E-state index is 13.7. The molecule has 0 radical (unpaired) electrons. The molecule has 4 amide bonds. The molecule has 130 valence electrons. The quantitative estimate of drug-likeness (QED) is 0.682. The van der Waals surface area contributed by atoms with Gasteiger partial charge in [-0.05, 0) is 26.3 Å². The lowest BCUT2D eigenvalue weighted by molar-refractivity contribution is -0.138. The second kappa shape index (κ2) is 6.96. The first-order valence-electron chi connectivity index (χ1n) is 7.72. The van der Waals surface area contributed by atoms with E-state index in [1.165, 1.54) is 6.07 Å². The number of benzene rings is 1. The van der Waals surface area contributed by atoms with Gasteiger partial charge in [-0.15, -0.1) is 0 Å². The van der Waals surface area contributed by atoms with Crippen LogP contribution in [-0.2, 0) is 9.59 Å². The Balaban J connectivity index is 1.91. The molecular weight excluding hydrogens is 315 g/mol. The normalized spacial score (nSPS) is 21.6. The third-order valence-electron chi connectivity index (χ3n) is 4.15. The number of urea groups is 1. The number of rotatable bonds is 6. The first-order chi connectivity index (χ1) is 11.3. The standard InChI is InChI=1S/C16H21FN4O3/c1-4-16(3)14(23)21(15(24)19-16)20-13(22)9-18-10(2)11-7-5-6-8-12(11)17/h5-8,10,18H,4,9H2,1-3H3,(H,19,24)(H,20,22)/t10-,16-/m1/s1. The average molecular weight is 336 g/mol. The van der Waals surface area contributed by atoms with E-state index < -0.39 is 29.4 Å². The van der Waals surface area contributed by atoms with Crippen molar-refractivity contribution in [3.8, 4) is 0 Å². The fourth-order valence-corrected chi connectivity index (χ4v) is 2.37. The summed E-state index contributed by atoms with van der Waals surface area (Å²) in [6.45, 7) is 4.90. The Labute approximate surface area is 139 Å². The van der Waals surface area contributed by atoms with E-state index in [0.717, 1.165) is 0 Å². The van der Waals surface area contributed by atoms with Crippen molar-refractivity contribution in [1.82, 2.24) is 21.1 Å². The lowest BCUT2D eigenvalue weighted by atomic mass is 10.00. The van der Waals surface area contributed by atoms with E-state index in [4.69, 9.17) is 0 Å². The fraction of sp³-hybridized carbons (Fsp3) is 0.438. The van der Waals surface area contributed by atoms with Gasteiger partial charge in [0.2, 0.25) is 0 Å². The summed E-state index contributed by atoms with van der Waals surface area (Å²) in [4.78, 5) is 35.9. The van der Waals surface area contributed by atoms with Crippen molar-refractivity contribution in [3.05, 3.63) is 35.6 Å². The molecule has 2 atom stereocenters. The zero-order valence-corrected chi connectivity index (χ0v) is 13.9. The van der Waals surface area contributed by atoms with E-state index in [-0.39, 0.29) is 12.4 Å². The lowest BCUT2D eigenvalue weighted by Crippen LogP contribution is -2.50. The van der Waals surface area contributed by atoms with Crippen molar-refractivity contribution >= 4 is 17.8 Å². The van der Waals surface area contributed by atoms with Gasteiger partial charge >= 0.3 is 6.03 Å². The van der Waals surface area contributed by atoms with Crippen LogP contribution in [0, 0.1) is 5.82 Å². The molecule has 1 fully saturated rings. The molecule has 0 unspecified atom stereocenters. The van der Waals surface area contributed by atoms with Crippen LogP contribution in [0.4, 0.5) is 9.18 Å². The lowest BCUT2D eigenvalue weighted by Gasteiger charge is -2.20. The fourth-order valence-electron chi connectivity index (χ4n) is 2.37. The third kappa shape index (κ3) is 3.53. The number of nitrogens with one attached hydrogen (secondary N) is 3. The highest BCUT2D eigenvalue weighted by molar-refractivity contribution is 6.07. The van der Waals surface area contributed by atoms with Crippen LogP contribution in [0.15, 0.2) is 24.3 Å². The predicted octanol–water partition coefficient (Wildman–Crippen LogP) is 1.23. The van der Waals surface area contributed by atoms with E-state index in [0.29, 0.717) is 17.0 Å². The summed E-state index contributed by atoms with van der Waals surface area (Å²) < 4.78 is 13.7. The number of amides is 4. The Morgan fingerprint density at radius 3 is 2.62 bits per heavy atom. The molecular formula is C16H21FN4O3. The van der Waals surface area contributed by atoms with Gasteiger partial charge in [0.05, 0.1) is 6.54 Å². The SMILES string of the molecule is CC[C@@]1(C)NC(=O)N(NC(=O)CN[C@H](C)c2ccccc2F)C1=O. The zero-order chi connectivity index (χ0) is 17.9. The number of carbonyl (C=O) groups excluding carboxylic acids is 3. The van der Waals surface area contributed by atoms with Crippen LogP contribution in [0.1, 0.15) is 38.8 Å². The summed E-state index contributed by atoms with van der Waals surface area (Å²) in [5.74, 6) is -1.45. The first kappa shape index (κ1) is 17.9. The summed E-state index contributed by atoms with van der Waals surface area (Å²) in [5.41, 5.74) is 1.68. The van der Waals surface area contributed by atoms with Gasteiger partial charge in [0, 0.05) is 11.6 Å². The molecule has 1 heterocycles. The second-order valence-electron chi connectivity index (χ2n) is 5.92. The topological polar surface area (TPSA) is 90.5 Å². The Morgan fingerprint density at radius 2 is 2.04 bits per heavy atom. The molecule has 7 nitrogen and oxygen atoms in total. The van der Waals surface area contributed by atoms with Crippen LogP contribution in [0.2, 0.25) is 0 Å². The number of imide groups is 1. The Bertz CT molecular complexity index is 666. The van der Waals surface area contributed by atoms with Gasteiger partial charge in [0.1, 0.15) is 11.4 Å². The van der Waals surface area contributed by atoms with Gasteiger partial charge in [0.25, 0.3) is 11.8 Å². The van der Waals surface area contributed by atoms with Gasteiger partial charge in [-0.25, -0.2) is 9.18 Å². The highest BCUT2D eigenvalue weighted by Gasteiger charge is 2.47. The van der Waals surface area contributed by atoms with Crippen LogP contribution in [0.3, 0.4) is 0 Å². The van der Waals surface area contributed by atoms with Gasteiger partial charge < -0.3 is 10.6 Å². The highest BCUT2D eigenvalue weighted by atomic mass is 19.1. The first-order valence-corrected chi connectivity index (χ1v) is 7.72. The second-order valence-corrected chi connectivity index (χ2v) is 5.92. The van der Waals surface area contributed by atoms with Crippen molar-refractivity contribution < 1.29 is 18.8 Å². The van der Waals surface area contributed by atoms with E-state index in [1.54, 1.807) is 39.0 Å². The zero-order valence-electron chi connectivity index (χ0n) is 13.9. The summed E-state index contributed by atoms with van der Waals surface area (Å²) in [5, 5.41) is 6.07. The van der Waals surface area contributed by atoms with Crippen molar-refractivity contribution in [2.45, 2.75) is 38.8 Å². The molecule has 1 aliphatic rings. The highest BCUT2D eigenvalue weighted by Crippen LogP contribution is 2.19. The molecule has 2 rings (SSSR count). The van der Waals surface area contributed by atoms with Gasteiger partial charge in [0.15, 0.2) is 0 Å². The minimum absolute atomic E-state index is 0.171. The number of hydrogen-bond acceptors (Lipinski definition) is 4. The average Bonchev–Trinajstić information content (AvgIpc) is 2.77. The van der Waals surface area contributed by atoms with E-state index in [2.05, 4.69) is 16.1 Å². The van der Waals surface area contributed by atoms with Crippen LogP contribution in [0.5, 0.6) is 0 Å². The number of carbonyl (C=O) groups is 3. The van der Waals surface area contributed by atoms with Crippen molar-refractivity contribution in [3.63, 3.8) is 0 Å². The van der Waals surface area contributed by atoms with Crippen molar-refractivity contribution in [1.29, 1.82) is 0 Å². The number of hydrogen-bond donors (Lipinski definition) is 3. The van der Waals surface area contributed by atoms with Crippen molar-refractivity contribution in [2.24, 2.45) is 0 Å². The molecule has 1 aromatic rings. The van der Waals surface area contributed by atoms with Gasteiger partial charge in [-0.2, -0.15) is 5.01 Å². The molecule has 24 heavy (non-hydrogen) atoms. The Kier molecular flexibility index (Phi) is 5.18. The van der Waals surface area contributed by atoms with Crippen molar-refractivity contribution in [2.75, 3.05) is 6.54 Å². The number of halogens is 1. The van der Waals surface area contributed by atoms with E-state index in [9.17, 15) is 18.8 Å². The number of nitrogens with zero attached hydrogens (tertiary/aromatic N) is 1. The van der Waals surface area contributed by atoms with Crippen LogP contribution in [-0.4, -0.2) is 34.9 Å². The largest absolute Gasteiger partial charge is 0.344 e. The summed E-state index contributed by atoms with van der Waals surface area (Å²) in [7, 11) is 0. The summed E-state index contributed by atoms with van der Waals surface area (Å²) in [6, 6.07) is 5.18. The molecule has 0 spiro atoms. The van der Waals surface area contributed by atoms with Crippen LogP contribution < -0.4 is 16.1 Å². The molecule has 1 saturated heterocycles. The predicted molar refractivity (Wildman–Crippen MR) is 85.0 cm³/mol. The Hall–Kier alpha value is -2.48. The molecule has 8 heteroatoms. The smallest absolute Gasteiger partial charge is 0.322 e.